The molecule has 0 aromatic heterocycles. The predicted molar refractivity (Wildman–Crippen MR) is 57.2 cm³/mol. The molecule has 1 rings (SSSR count). The van der Waals surface area contributed by atoms with Gasteiger partial charge in [0.2, 0.25) is 5.91 Å². The number of hydrogen-bond acceptors (Lipinski definition) is 3. The fourth-order valence-electron chi connectivity index (χ4n) is 1.77. The number of carbonyl (C=O) groups excluding carboxylic acids is 1. The Morgan fingerprint density at radius 2 is 2.14 bits per heavy atom. The van der Waals surface area contributed by atoms with Crippen LogP contribution in [0.2, 0.25) is 0 Å². The van der Waals surface area contributed by atoms with Gasteiger partial charge in [0.25, 0.3) is 0 Å². The summed E-state index contributed by atoms with van der Waals surface area (Å²) in [5.41, 5.74) is -0.0817. The average Bonchev–Trinajstić information content (AvgIpc) is 1.96. The molecule has 1 fully saturated rings. The molecule has 0 bridgehead atoms. The van der Waals surface area contributed by atoms with Gasteiger partial charge in [-0.25, -0.2) is 0 Å². The van der Waals surface area contributed by atoms with Crippen LogP contribution >= 0.6 is 0 Å². The first-order valence-corrected chi connectivity index (χ1v) is 5.07. The summed E-state index contributed by atoms with van der Waals surface area (Å²) in [4.78, 5) is 15.7. The van der Waals surface area contributed by atoms with Crippen molar-refractivity contribution in [1.82, 2.24) is 15.1 Å². The van der Waals surface area contributed by atoms with Crippen molar-refractivity contribution in [1.29, 1.82) is 0 Å². The molecule has 0 aromatic carbocycles. The van der Waals surface area contributed by atoms with Gasteiger partial charge in [-0.15, -0.1) is 0 Å². The largest absolute Gasteiger partial charge is 0.349 e. The van der Waals surface area contributed by atoms with Crippen LogP contribution in [0.15, 0.2) is 0 Å². The summed E-state index contributed by atoms with van der Waals surface area (Å²) in [5, 5.41) is 2.98. The highest BCUT2D eigenvalue weighted by Gasteiger charge is 2.29. The van der Waals surface area contributed by atoms with Crippen LogP contribution in [0.4, 0.5) is 0 Å². The predicted octanol–water partition coefficient (Wildman–Crippen LogP) is -0.242. The molecule has 82 valence electrons. The SMILES string of the molecule is CN(C)CCN1CC(=O)NC(C)(C)C1. The van der Waals surface area contributed by atoms with Gasteiger partial charge in [-0.3, -0.25) is 9.69 Å². The molecule has 0 unspecified atom stereocenters. The highest BCUT2D eigenvalue weighted by Crippen LogP contribution is 2.10. The van der Waals surface area contributed by atoms with Gasteiger partial charge in [-0.05, 0) is 27.9 Å². The second-order valence-electron chi connectivity index (χ2n) is 4.95. The van der Waals surface area contributed by atoms with Crippen LogP contribution in [-0.4, -0.2) is 61.5 Å². The Morgan fingerprint density at radius 3 is 2.64 bits per heavy atom. The molecular weight excluding hydrogens is 178 g/mol. The zero-order valence-electron chi connectivity index (χ0n) is 9.63. The van der Waals surface area contributed by atoms with Crippen molar-refractivity contribution in [3.63, 3.8) is 0 Å². The Kier molecular flexibility index (Phi) is 3.50. The molecule has 1 heterocycles. The second-order valence-corrected chi connectivity index (χ2v) is 4.95. The first kappa shape index (κ1) is 11.5. The summed E-state index contributed by atoms with van der Waals surface area (Å²) >= 11 is 0. The molecule has 0 aromatic rings. The maximum atomic E-state index is 11.4. The van der Waals surface area contributed by atoms with Crippen molar-refractivity contribution in [2.45, 2.75) is 19.4 Å². The van der Waals surface area contributed by atoms with Crippen LogP contribution < -0.4 is 5.32 Å². The highest BCUT2D eigenvalue weighted by molar-refractivity contribution is 5.79. The summed E-state index contributed by atoms with van der Waals surface area (Å²) in [6, 6.07) is 0. The Morgan fingerprint density at radius 1 is 1.50 bits per heavy atom. The molecule has 14 heavy (non-hydrogen) atoms. The van der Waals surface area contributed by atoms with Crippen molar-refractivity contribution in [2.75, 3.05) is 40.3 Å². The first-order chi connectivity index (χ1) is 6.39. The lowest BCUT2D eigenvalue weighted by atomic mass is 10.0. The smallest absolute Gasteiger partial charge is 0.234 e. The molecule has 0 radical (unpaired) electrons. The van der Waals surface area contributed by atoms with E-state index < -0.39 is 0 Å². The maximum Gasteiger partial charge on any atom is 0.234 e. The fraction of sp³-hybridized carbons (Fsp3) is 0.900. The van der Waals surface area contributed by atoms with Gasteiger partial charge in [0.05, 0.1) is 6.54 Å². The van der Waals surface area contributed by atoms with Crippen LogP contribution in [0.25, 0.3) is 0 Å². The third-order valence-electron chi connectivity index (χ3n) is 2.33. The zero-order chi connectivity index (χ0) is 10.8. The Balaban J connectivity index is 2.42. The van der Waals surface area contributed by atoms with Gasteiger partial charge in [0.1, 0.15) is 0 Å². The average molecular weight is 199 g/mol. The van der Waals surface area contributed by atoms with Crippen LogP contribution in [-0.2, 0) is 4.79 Å². The van der Waals surface area contributed by atoms with E-state index in [1.165, 1.54) is 0 Å². The lowest BCUT2D eigenvalue weighted by Crippen LogP contribution is -2.60. The van der Waals surface area contributed by atoms with Gasteiger partial charge in [-0.2, -0.15) is 0 Å². The Bertz CT molecular complexity index is 213. The number of likely N-dealkylation sites (N-methyl/N-ethyl adjacent to an activating group) is 1. The highest BCUT2D eigenvalue weighted by atomic mass is 16.2. The topological polar surface area (TPSA) is 35.6 Å². The lowest BCUT2D eigenvalue weighted by molar-refractivity contribution is -0.127. The van der Waals surface area contributed by atoms with E-state index in [2.05, 4.69) is 43.1 Å². The van der Waals surface area contributed by atoms with Crippen LogP contribution in [0.5, 0.6) is 0 Å². The molecule has 0 aliphatic carbocycles. The first-order valence-electron chi connectivity index (χ1n) is 5.07. The van der Waals surface area contributed by atoms with E-state index in [1.807, 2.05) is 0 Å². The van der Waals surface area contributed by atoms with E-state index in [1.54, 1.807) is 0 Å². The second kappa shape index (κ2) is 4.28. The minimum atomic E-state index is -0.0817. The minimum absolute atomic E-state index is 0.0817. The molecule has 1 aliphatic heterocycles. The van der Waals surface area contributed by atoms with Gasteiger partial charge in [0, 0.05) is 25.2 Å². The Labute approximate surface area is 86.2 Å². The normalized spacial score (nSPS) is 22.5. The number of nitrogens with zero attached hydrogens (tertiary/aromatic N) is 2. The zero-order valence-corrected chi connectivity index (χ0v) is 9.63. The van der Waals surface area contributed by atoms with Crippen LogP contribution in [0.3, 0.4) is 0 Å². The number of hydrogen-bond donors (Lipinski definition) is 1. The molecule has 1 saturated heterocycles. The van der Waals surface area contributed by atoms with E-state index in [0.29, 0.717) is 6.54 Å². The molecule has 4 nitrogen and oxygen atoms in total. The fourth-order valence-corrected chi connectivity index (χ4v) is 1.77. The van der Waals surface area contributed by atoms with E-state index in [4.69, 9.17) is 0 Å². The third-order valence-corrected chi connectivity index (χ3v) is 2.33. The summed E-state index contributed by atoms with van der Waals surface area (Å²) in [6.07, 6.45) is 0. The van der Waals surface area contributed by atoms with Crippen LogP contribution in [0.1, 0.15) is 13.8 Å². The van der Waals surface area contributed by atoms with Gasteiger partial charge in [-0.1, -0.05) is 0 Å². The van der Waals surface area contributed by atoms with Crippen molar-refractivity contribution in [3.05, 3.63) is 0 Å². The number of piperazine rings is 1. The standard InChI is InChI=1S/C10H21N3O/c1-10(2)8-13(6-5-12(3)4)7-9(14)11-10/h5-8H2,1-4H3,(H,11,14). The molecule has 1 N–H and O–H groups in total. The molecular formula is C10H21N3O. The molecule has 0 spiro atoms. The van der Waals surface area contributed by atoms with Crippen molar-refractivity contribution < 1.29 is 4.79 Å². The number of carbonyl (C=O) groups is 1. The molecule has 0 atom stereocenters. The molecule has 1 amide bonds. The molecule has 4 heteroatoms. The van der Waals surface area contributed by atoms with Crippen molar-refractivity contribution >= 4 is 5.91 Å². The summed E-state index contributed by atoms with van der Waals surface area (Å²) in [5.74, 6) is 0.139. The quantitative estimate of drug-likeness (QED) is 0.681. The Hall–Kier alpha value is -0.610. The van der Waals surface area contributed by atoms with E-state index in [-0.39, 0.29) is 11.4 Å². The minimum Gasteiger partial charge on any atom is -0.349 e. The van der Waals surface area contributed by atoms with Crippen molar-refractivity contribution in [3.8, 4) is 0 Å². The lowest BCUT2D eigenvalue weighted by Gasteiger charge is -2.38. The number of nitrogens with one attached hydrogen (secondary N) is 1. The van der Waals surface area contributed by atoms with Crippen LogP contribution in [0, 0.1) is 0 Å². The van der Waals surface area contributed by atoms with Crippen molar-refractivity contribution in [2.24, 2.45) is 0 Å². The monoisotopic (exact) mass is 199 g/mol. The summed E-state index contributed by atoms with van der Waals surface area (Å²) in [7, 11) is 4.10. The molecule has 1 aliphatic rings. The number of rotatable bonds is 3. The van der Waals surface area contributed by atoms with E-state index >= 15 is 0 Å². The van der Waals surface area contributed by atoms with Gasteiger partial charge < -0.3 is 10.2 Å². The van der Waals surface area contributed by atoms with E-state index in [9.17, 15) is 4.79 Å². The molecule has 0 saturated carbocycles. The number of amides is 1. The third kappa shape index (κ3) is 3.64. The maximum absolute atomic E-state index is 11.4. The summed E-state index contributed by atoms with van der Waals surface area (Å²) < 4.78 is 0. The van der Waals surface area contributed by atoms with Gasteiger partial charge >= 0.3 is 0 Å². The van der Waals surface area contributed by atoms with Gasteiger partial charge in [0.15, 0.2) is 0 Å². The summed E-state index contributed by atoms with van der Waals surface area (Å²) in [6.45, 7) is 7.57. The van der Waals surface area contributed by atoms with E-state index in [0.717, 1.165) is 19.6 Å².